The first-order valence-electron chi connectivity index (χ1n) is 8.74. The average molecular weight is 377 g/mol. The molecule has 1 aliphatic heterocycles. The van der Waals surface area contributed by atoms with Gasteiger partial charge in [-0.1, -0.05) is 0 Å². The summed E-state index contributed by atoms with van der Waals surface area (Å²) in [4.78, 5) is 31.5. The first-order valence-corrected chi connectivity index (χ1v) is 9.62. The van der Waals surface area contributed by atoms with Crippen LogP contribution in [0, 0.1) is 0 Å². The zero-order chi connectivity index (χ0) is 18.5. The van der Waals surface area contributed by atoms with Crippen LogP contribution >= 0.6 is 11.3 Å². The van der Waals surface area contributed by atoms with E-state index in [0.29, 0.717) is 43.3 Å². The number of tetrazole rings is 1. The fourth-order valence-electron chi connectivity index (χ4n) is 3.03. The third kappa shape index (κ3) is 3.91. The topological polar surface area (TPSA) is 87.5 Å². The van der Waals surface area contributed by atoms with E-state index in [0.717, 1.165) is 13.1 Å². The fraction of sp³-hybridized carbons (Fsp3) is 0.562. The summed E-state index contributed by atoms with van der Waals surface area (Å²) < 4.78 is 1.50. The van der Waals surface area contributed by atoms with Crippen molar-refractivity contribution < 1.29 is 9.59 Å². The van der Waals surface area contributed by atoms with Crippen LogP contribution in [0.5, 0.6) is 0 Å². The van der Waals surface area contributed by atoms with Gasteiger partial charge in [-0.05, 0) is 35.7 Å². The van der Waals surface area contributed by atoms with E-state index in [1.54, 1.807) is 0 Å². The van der Waals surface area contributed by atoms with Crippen LogP contribution in [-0.4, -0.2) is 92.5 Å². The summed E-state index contributed by atoms with van der Waals surface area (Å²) in [5.41, 5.74) is 0.698. The molecular weight excluding hydrogens is 354 g/mol. The molecule has 2 amide bonds. The zero-order valence-electron chi connectivity index (χ0n) is 15.0. The number of thiophene rings is 1. The normalized spacial score (nSPS) is 15.2. The molecule has 140 valence electrons. The molecule has 2 aromatic heterocycles. The van der Waals surface area contributed by atoms with E-state index in [2.05, 4.69) is 20.4 Å². The molecule has 0 aliphatic carbocycles. The van der Waals surface area contributed by atoms with E-state index < -0.39 is 0 Å². The van der Waals surface area contributed by atoms with Crippen LogP contribution < -0.4 is 0 Å². The summed E-state index contributed by atoms with van der Waals surface area (Å²) in [6.45, 7) is 8.46. The van der Waals surface area contributed by atoms with Crippen molar-refractivity contribution in [2.45, 2.75) is 13.8 Å². The summed E-state index contributed by atoms with van der Waals surface area (Å²) in [5, 5.41) is 13.0. The molecule has 0 bridgehead atoms. The Balaban J connectivity index is 1.58. The predicted octanol–water partition coefficient (Wildman–Crippen LogP) is 0.350. The molecule has 1 saturated heterocycles. The number of carbonyl (C=O) groups excluding carboxylic acids is 2. The van der Waals surface area contributed by atoms with Gasteiger partial charge in [-0.15, -0.1) is 16.4 Å². The van der Waals surface area contributed by atoms with Crippen molar-refractivity contribution in [3.63, 3.8) is 0 Å². The van der Waals surface area contributed by atoms with E-state index in [4.69, 9.17) is 0 Å². The van der Waals surface area contributed by atoms with Crippen molar-refractivity contribution in [1.82, 2.24) is 34.9 Å². The highest BCUT2D eigenvalue weighted by Crippen LogP contribution is 2.22. The second-order valence-corrected chi connectivity index (χ2v) is 6.94. The van der Waals surface area contributed by atoms with E-state index in [1.807, 2.05) is 35.1 Å². The van der Waals surface area contributed by atoms with Crippen molar-refractivity contribution in [3.8, 4) is 5.69 Å². The Bertz CT molecular complexity index is 734. The number of nitrogens with zero attached hydrogens (tertiary/aromatic N) is 7. The van der Waals surface area contributed by atoms with Gasteiger partial charge in [-0.2, -0.15) is 4.68 Å². The second-order valence-electron chi connectivity index (χ2n) is 6.02. The lowest BCUT2D eigenvalue weighted by molar-refractivity contribution is -0.132. The molecule has 0 saturated carbocycles. The number of rotatable bonds is 6. The molecule has 1 aliphatic rings. The fourth-order valence-corrected chi connectivity index (χ4v) is 3.88. The van der Waals surface area contributed by atoms with Crippen LogP contribution in [0.4, 0.5) is 0 Å². The minimum atomic E-state index is -0.0137. The highest BCUT2D eigenvalue weighted by atomic mass is 32.1. The van der Waals surface area contributed by atoms with Gasteiger partial charge in [-0.25, -0.2) is 0 Å². The summed E-state index contributed by atoms with van der Waals surface area (Å²) >= 11 is 1.39. The van der Waals surface area contributed by atoms with E-state index in [-0.39, 0.29) is 11.8 Å². The van der Waals surface area contributed by atoms with Crippen LogP contribution in [-0.2, 0) is 4.79 Å². The largest absolute Gasteiger partial charge is 0.342 e. The van der Waals surface area contributed by atoms with Crippen molar-refractivity contribution in [1.29, 1.82) is 0 Å². The minimum absolute atomic E-state index is 0.0137. The van der Waals surface area contributed by atoms with Gasteiger partial charge < -0.3 is 9.80 Å². The summed E-state index contributed by atoms with van der Waals surface area (Å²) in [7, 11) is 0. The standard InChI is InChI=1S/C16H23N7O2S/c1-3-21(4-2)14(24)11-20-6-8-22(9-7-20)16(25)15-13(5-10-26-15)23-12-17-18-19-23/h5,10,12H,3-4,6-9,11H2,1-2H3. The molecule has 0 spiro atoms. The van der Waals surface area contributed by atoms with Crippen LogP contribution in [0.2, 0.25) is 0 Å². The molecule has 9 nitrogen and oxygen atoms in total. The Hall–Kier alpha value is -2.33. The van der Waals surface area contributed by atoms with Gasteiger partial charge in [0, 0.05) is 39.3 Å². The second kappa shape index (κ2) is 8.37. The third-order valence-electron chi connectivity index (χ3n) is 4.57. The van der Waals surface area contributed by atoms with Crippen LogP contribution in [0.1, 0.15) is 23.5 Å². The van der Waals surface area contributed by atoms with Crippen molar-refractivity contribution in [2.75, 3.05) is 45.8 Å². The Labute approximate surface area is 156 Å². The maximum Gasteiger partial charge on any atom is 0.266 e. The molecule has 0 N–H and O–H groups in total. The van der Waals surface area contributed by atoms with Crippen molar-refractivity contribution in [2.24, 2.45) is 0 Å². The highest BCUT2D eigenvalue weighted by Gasteiger charge is 2.26. The number of carbonyl (C=O) groups is 2. The van der Waals surface area contributed by atoms with Gasteiger partial charge in [0.05, 0.1) is 12.2 Å². The lowest BCUT2D eigenvalue weighted by Gasteiger charge is -2.35. The predicted molar refractivity (Wildman–Crippen MR) is 97.3 cm³/mol. The van der Waals surface area contributed by atoms with E-state index >= 15 is 0 Å². The van der Waals surface area contributed by atoms with Gasteiger partial charge in [0.15, 0.2) is 0 Å². The molecular formula is C16H23N7O2S. The van der Waals surface area contributed by atoms with Gasteiger partial charge in [0.1, 0.15) is 11.2 Å². The number of hydrogen-bond acceptors (Lipinski definition) is 7. The zero-order valence-corrected chi connectivity index (χ0v) is 15.9. The van der Waals surface area contributed by atoms with E-state index in [9.17, 15) is 9.59 Å². The molecule has 3 rings (SSSR count). The minimum Gasteiger partial charge on any atom is -0.342 e. The monoisotopic (exact) mass is 377 g/mol. The highest BCUT2D eigenvalue weighted by molar-refractivity contribution is 7.12. The molecule has 0 radical (unpaired) electrons. The molecule has 10 heteroatoms. The lowest BCUT2D eigenvalue weighted by atomic mass is 10.2. The number of amides is 2. The van der Waals surface area contributed by atoms with Crippen LogP contribution in [0.3, 0.4) is 0 Å². The van der Waals surface area contributed by atoms with Crippen LogP contribution in [0.25, 0.3) is 5.69 Å². The Morgan fingerprint density at radius 2 is 1.92 bits per heavy atom. The average Bonchev–Trinajstić information content (AvgIpc) is 3.34. The molecule has 26 heavy (non-hydrogen) atoms. The number of piperazine rings is 1. The molecule has 2 aromatic rings. The molecule has 0 aromatic carbocycles. The van der Waals surface area contributed by atoms with Gasteiger partial charge >= 0.3 is 0 Å². The number of hydrogen-bond donors (Lipinski definition) is 0. The molecule has 0 unspecified atom stereocenters. The quantitative estimate of drug-likeness (QED) is 0.722. The van der Waals surface area contributed by atoms with Crippen LogP contribution in [0.15, 0.2) is 17.8 Å². The van der Waals surface area contributed by atoms with Gasteiger partial charge in [0.25, 0.3) is 5.91 Å². The molecule has 1 fully saturated rings. The first-order chi connectivity index (χ1) is 12.6. The Morgan fingerprint density at radius 3 is 2.54 bits per heavy atom. The van der Waals surface area contributed by atoms with Gasteiger partial charge in [0.2, 0.25) is 5.91 Å². The van der Waals surface area contributed by atoms with Crippen molar-refractivity contribution >= 4 is 23.2 Å². The van der Waals surface area contributed by atoms with E-state index in [1.165, 1.54) is 22.3 Å². The first kappa shape index (κ1) is 18.5. The Morgan fingerprint density at radius 1 is 1.19 bits per heavy atom. The van der Waals surface area contributed by atoms with Gasteiger partial charge in [-0.3, -0.25) is 14.5 Å². The molecule has 3 heterocycles. The Kier molecular flexibility index (Phi) is 5.94. The maximum atomic E-state index is 12.9. The number of likely N-dealkylation sites (N-methyl/N-ethyl adjacent to an activating group) is 1. The maximum absolute atomic E-state index is 12.9. The summed E-state index contributed by atoms with van der Waals surface area (Å²) in [6.07, 6.45) is 1.48. The SMILES string of the molecule is CCN(CC)C(=O)CN1CCN(C(=O)c2sccc2-n2cnnn2)CC1. The smallest absolute Gasteiger partial charge is 0.266 e. The third-order valence-corrected chi connectivity index (χ3v) is 5.46. The summed E-state index contributed by atoms with van der Waals surface area (Å²) in [5.74, 6) is 0.134. The molecule has 0 atom stereocenters. The van der Waals surface area contributed by atoms with Crippen molar-refractivity contribution in [3.05, 3.63) is 22.7 Å². The lowest BCUT2D eigenvalue weighted by Crippen LogP contribution is -2.51. The number of aromatic nitrogens is 4. The summed E-state index contributed by atoms with van der Waals surface area (Å²) in [6, 6.07) is 1.84.